The average Bonchev–Trinajstić information content (AvgIpc) is 3.08. The smallest absolute Gasteiger partial charge is 0.233 e. The molecule has 0 amide bonds. The molecule has 106 valence electrons. The van der Waals surface area contributed by atoms with Gasteiger partial charge in [-0.2, -0.15) is 4.98 Å². The predicted molar refractivity (Wildman–Crippen MR) is 68.1 cm³/mol. The molecule has 2 aliphatic heterocycles. The van der Waals surface area contributed by atoms with E-state index in [1.807, 2.05) is 0 Å². The molecule has 19 heavy (non-hydrogen) atoms. The Morgan fingerprint density at radius 1 is 1.21 bits per heavy atom. The molecule has 0 aromatic carbocycles. The van der Waals surface area contributed by atoms with Crippen LogP contribution in [0.25, 0.3) is 0 Å². The van der Waals surface area contributed by atoms with Crippen molar-refractivity contribution in [2.45, 2.75) is 37.6 Å². The first-order valence-electron chi connectivity index (χ1n) is 7.11. The van der Waals surface area contributed by atoms with Crippen LogP contribution in [0.4, 0.5) is 0 Å². The summed E-state index contributed by atoms with van der Waals surface area (Å²) in [5.41, 5.74) is 0. The van der Waals surface area contributed by atoms with Gasteiger partial charge in [0.2, 0.25) is 5.89 Å². The van der Waals surface area contributed by atoms with E-state index >= 15 is 0 Å². The summed E-state index contributed by atoms with van der Waals surface area (Å²) in [5.74, 6) is 2.11. The number of hydrogen-bond donors (Lipinski definition) is 1. The summed E-state index contributed by atoms with van der Waals surface area (Å²) in [6.45, 7) is 5.98. The van der Waals surface area contributed by atoms with E-state index in [4.69, 9.17) is 14.0 Å². The Balaban J connectivity index is 1.69. The summed E-state index contributed by atoms with van der Waals surface area (Å²) in [6, 6.07) is 0.285. The lowest BCUT2D eigenvalue weighted by molar-refractivity contribution is 0.0830. The van der Waals surface area contributed by atoms with Gasteiger partial charge in [0.15, 0.2) is 5.82 Å². The molecule has 0 aliphatic carbocycles. The summed E-state index contributed by atoms with van der Waals surface area (Å²) >= 11 is 0. The number of ether oxygens (including phenoxy) is 2. The lowest BCUT2D eigenvalue weighted by Crippen LogP contribution is -2.34. The number of nitrogens with zero attached hydrogens (tertiary/aromatic N) is 2. The van der Waals surface area contributed by atoms with Crippen molar-refractivity contribution in [1.82, 2.24) is 15.5 Å². The van der Waals surface area contributed by atoms with Gasteiger partial charge in [0.05, 0.1) is 19.1 Å². The minimum atomic E-state index is 0.182. The third kappa shape index (κ3) is 2.80. The van der Waals surface area contributed by atoms with Crippen LogP contribution in [-0.4, -0.2) is 49.2 Å². The normalized spacial score (nSPS) is 28.9. The molecule has 2 saturated heterocycles. The van der Waals surface area contributed by atoms with Crippen LogP contribution in [0.5, 0.6) is 0 Å². The Morgan fingerprint density at radius 2 is 2.05 bits per heavy atom. The van der Waals surface area contributed by atoms with Crippen molar-refractivity contribution in [1.29, 1.82) is 0 Å². The van der Waals surface area contributed by atoms with E-state index < -0.39 is 0 Å². The molecule has 0 bridgehead atoms. The maximum atomic E-state index is 5.52. The van der Waals surface area contributed by atoms with E-state index in [2.05, 4.69) is 22.4 Å². The standard InChI is InChI=1S/C13H21N3O3/c1-2-14-11-8-18-7-10(11)13-15-12(16-19-13)9-3-5-17-6-4-9/h9-11,14H,2-8H2,1H3. The van der Waals surface area contributed by atoms with Gasteiger partial charge >= 0.3 is 0 Å². The number of likely N-dealkylation sites (N-methyl/N-ethyl adjacent to an activating group) is 1. The molecule has 2 atom stereocenters. The van der Waals surface area contributed by atoms with Gasteiger partial charge in [-0.05, 0) is 19.4 Å². The quantitative estimate of drug-likeness (QED) is 0.879. The second-order valence-corrected chi connectivity index (χ2v) is 5.19. The third-order valence-corrected chi connectivity index (χ3v) is 3.91. The Labute approximate surface area is 112 Å². The van der Waals surface area contributed by atoms with Crippen LogP contribution in [0.2, 0.25) is 0 Å². The molecule has 2 unspecified atom stereocenters. The highest BCUT2D eigenvalue weighted by molar-refractivity contribution is 5.05. The number of hydrogen-bond acceptors (Lipinski definition) is 6. The second kappa shape index (κ2) is 5.98. The van der Waals surface area contributed by atoms with Crippen LogP contribution in [0, 0.1) is 0 Å². The Bertz CT molecular complexity index is 404. The van der Waals surface area contributed by atoms with Crippen LogP contribution >= 0.6 is 0 Å². The van der Waals surface area contributed by atoms with Gasteiger partial charge in [-0.25, -0.2) is 0 Å². The maximum Gasteiger partial charge on any atom is 0.233 e. The summed E-state index contributed by atoms with van der Waals surface area (Å²) in [7, 11) is 0. The van der Waals surface area contributed by atoms with Crippen molar-refractivity contribution in [3.63, 3.8) is 0 Å². The van der Waals surface area contributed by atoms with Crippen molar-refractivity contribution in [2.24, 2.45) is 0 Å². The fourth-order valence-electron chi connectivity index (χ4n) is 2.78. The van der Waals surface area contributed by atoms with Crippen LogP contribution in [0.3, 0.4) is 0 Å². The minimum Gasteiger partial charge on any atom is -0.381 e. The second-order valence-electron chi connectivity index (χ2n) is 5.19. The molecule has 6 nitrogen and oxygen atoms in total. The van der Waals surface area contributed by atoms with Gasteiger partial charge in [0, 0.05) is 25.2 Å². The molecule has 1 aromatic rings. The van der Waals surface area contributed by atoms with Crippen molar-refractivity contribution < 1.29 is 14.0 Å². The van der Waals surface area contributed by atoms with E-state index in [0.717, 1.165) is 38.4 Å². The van der Waals surface area contributed by atoms with Gasteiger partial charge in [0.1, 0.15) is 0 Å². The highest BCUT2D eigenvalue weighted by Crippen LogP contribution is 2.28. The maximum absolute atomic E-state index is 5.52. The Morgan fingerprint density at radius 3 is 2.84 bits per heavy atom. The molecule has 3 rings (SSSR count). The lowest BCUT2D eigenvalue weighted by atomic mass is 9.99. The monoisotopic (exact) mass is 267 g/mol. The van der Waals surface area contributed by atoms with Gasteiger partial charge in [-0.15, -0.1) is 0 Å². The molecule has 3 heterocycles. The van der Waals surface area contributed by atoms with Crippen LogP contribution in [0.1, 0.15) is 43.3 Å². The largest absolute Gasteiger partial charge is 0.381 e. The first-order chi connectivity index (χ1) is 9.38. The molecule has 0 radical (unpaired) electrons. The highest BCUT2D eigenvalue weighted by Gasteiger charge is 2.34. The molecule has 2 fully saturated rings. The summed E-state index contributed by atoms with van der Waals surface area (Å²) in [6.07, 6.45) is 1.97. The highest BCUT2D eigenvalue weighted by atomic mass is 16.5. The van der Waals surface area contributed by atoms with Crippen molar-refractivity contribution in [3.8, 4) is 0 Å². The van der Waals surface area contributed by atoms with E-state index in [-0.39, 0.29) is 12.0 Å². The summed E-state index contributed by atoms with van der Waals surface area (Å²) in [4.78, 5) is 4.60. The van der Waals surface area contributed by atoms with Gasteiger partial charge in [-0.3, -0.25) is 0 Å². The van der Waals surface area contributed by atoms with Crippen LogP contribution in [0.15, 0.2) is 4.52 Å². The predicted octanol–water partition coefficient (Wildman–Crippen LogP) is 1.06. The average molecular weight is 267 g/mol. The third-order valence-electron chi connectivity index (χ3n) is 3.91. The first-order valence-corrected chi connectivity index (χ1v) is 7.11. The van der Waals surface area contributed by atoms with Gasteiger partial charge in [-0.1, -0.05) is 12.1 Å². The van der Waals surface area contributed by atoms with Crippen molar-refractivity contribution in [3.05, 3.63) is 11.7 Å². The van der Waals surface area contributed by atoms with Gasteiger partial charge in [0.25, 0.3) is 0 Å². The molecular formula is C13H21N3O3. The van der Waals surface area contributed by atoms with Crippen molar-refractivity contribution >= 4 is 0 Å². The first kappa shape index (κ1) is 13.0. The number of aromatic nitrogens is 2. The molecule has 2 aliphatic rings. The zero-order valence-electron chi connectivity index (χ0n) is 11.3. The molecule has 0 saturated carbocycles. The Hall–Kier alpha value is -0.980. The zero-order chi connectivity index (χ0) is 13.1. The molecular weight excluding hydrogens is 246 g/mol. The van der Waals surface area contributed by atoms with Crippen molar-refractivity contribution in [2.75, 3.05) is 33.0 Å². The SMILES string of the molecule is CCNC1COCC1c1nc(C2CCOCC2)no1. The fourth-order valence-corrected chi connectivity index (χ4v) is 2.78. The Kier molecular flexibility index (Phi) is 4.10. The van der Waals surface area contributed by atoms with Crippen LogP contribution < -0.4 is 5.32 Å². The summed E-state index contributed by atoms with van der Waals surface area (Å²) in [5, 5.41) is 7.56. The van der Waals surface area contributed by atoms with E-state index in [1.54, 1.807) is 0 Å². The van der Waals surface area contributed by atoms with E-state index in [0.29, 0.717) is 25.0 Å². The van der Waals surface area contributed by atoms with E-state index in [1.165, 1.54) is 0 Å². The van der Waals surface area contributed by atoms with E-state index in [9.17, 15) is 0 Å². The van der Waals surface area contributed by atoms with Crippen LogP contribution in [-0.2, 0) is 9.47 Å². The van der Waals surface area contributed by atoms with Gasteiger partial charge < -0.3 is 19.3 Å². The minimum absolute atomic E-state index is 0.182. The zero-order valence-corrected chi connectivity index (χ0v) is 11.3. The number of rotatable bonds is 4. The fraction of sp³-hybridized carbons (Fsp3) is 0.846. The number of nitrogens with one attached hydrogen (secondary N) is 1. The molecule has 6 heteroatoms. The molecule has 0 spiro atoms. The summed E-state index contributed by atoms with van der Waals surface area (Å²) < 4.78 is 16.3. The molecule has 1 N–H and O–H groups in total. The topological polar surface area (TPSA) is 69.4 Å². The molecule has 1 aromatic heterocycles. The lowest BCUT2D eigenvalue weighted by Gasteiger charge is -2.18.